The van der Waals surface area contributed by atoms with Crippen LogP contribution >= 0.6 is 0 Å². The summed E-state index contributed by atoms with van der Waals surface area (Å²) in [5.41, 5.74) is 11.1. The second-order valence-corrected chi connectivity index (χ2v) is 10.7. The number of hydrogen-bond acceptors (Lipinski definition) is 3. The van der Waals surface area contributed by atoms with Crippen molar-refractivity contribution >= 4 is 12.2 Å². The number of benzene rings is 5. The molecule has 2 aliphatic rings. The van der Waals surface area contributed by atoms with E-state index in [-0.39, 0.29) is 0 Å². The van der Waals surface area contributed by atoms with Crippen LogP contribution in [0.2, 0.25) is 0 Å². The van der Waals surface area contributed by atoms with Crippen LogP contribution in [-0.4, -0.2) is 4.98 Å². The van der Waals surface area contributed by atoms with Crippen LogP contribution in [0.5, 0.6) is 11.5 Å². The van der Waals surface area contributed by atoms with Gasteiger partial charge in [0.2, 0.25) is 0 Å². The highest BCUT2D eigenvalue weighted by Gasteiger charge is 2.47. The molecule has 0 radical (unpaired) electrons. The summed E-state index contributed by atoms with van der Waals surface area (Å²) in [7, 11) is 0. The normalized spacial score (nSPS) is 13.5. The van der Waals surface area contributed by atoms with E-state index in [1.807, 2.05) is 48.7 Å². The molecule has 0 fully saturated rings. The molecule has 8 rings (SSSR count). The van der Waals surface area contributed by atoms with Gasteiger partial charge < -0.3 is 4.74 Å². The molecular weight excluding hydrogens is 512 g/mol. The van der Waals surface area contributed by atoms with Gasteiger partial charge in [0.05, 0.1) is 22.7 Å². The summed E-state index contributed by atoms with van der Waals surface area (Å²) in [5, 5.41) is 9.14. The average Bonchev–Trinajstić information content (AvgIpc) is 3.20. The van der Waals surface area contributed by atoms with Crippen molar-refractivity contribution in [2.75, 3.05) is 0 Å². The first kappa shape index (κ1) is 24.1. The van der Waals surface area contributed by atoms with E-state index >= 15 is 0 Å². The van der Waals surface area contributed by atoms with Crippen molar-refractivity contribution < 1.29 is 4.74 Å². The monoisotopic (exact) mass is 536 g/mol. The average molecular weight is 537 g/mol. The Hall–Kier alpha value is -5.72. The van der Waals surface area contributed by atoms with Gasteiger partial charge in [0, 0.05) is 28.5 Å². The quantitative estimate of drug-likeness (QED) is 0.221. The predicted molar refractivity (Wildman–Crippen MR) is 167 cm³/mol. The lowest BCUT2D eigenvalue weighted by Gasteiger charge is -2.42. The Bertz CT molecular complexity index is 2020. The van der Waals surface area contributed by atoms with E-state index in [0.29, 0.717) is 5.56 Å². The standard InChI is InChI=1S/C39H24N2O/c40-24-26-13-15-29(16-14-26)36-22-21-31(25-41-36)30-20-19-28-18-17-27-7-1-2-8-32(27)39(35(28)23-30)33-9-3-5-11-37(33)42-38-12-6-4-10-34(38)39/h1-23,25H. The van der Waals surface area contributed by atoms with Crippen molar-refractivity contribution in [3.05, 3.63) is 173 Å². The van der Waals surface area contributed by atoms with Crippen molar-refractivity contribution in [1.29, 1.82) is 5.26 Å². The van der Waals surface area contributed by atoms with Gasteiger partial charge >= 0.3 is 0 Å². The molecule has 1 aliphatic heterocycles. The molecule has 0 N–H and O–H groups in total. The summed E-state index contributed by atoms with van der Waals surface area (Å²) >= 11 is 0. The maximum absolute atomic E-state index is 9.14. The van der Waals surface area contributed by atoms with Crippen LogP contribution in [-0.2, 0) is 5.41 Å². The van der Waals surface area contributed by atoms with E-state index in [2.05, 4.69) is 103 Å². The fraction of sp³-hybridized carbons (Fsp3) is 0.0256. The van der Waals surface area contributed by atoms with E-state index in [4.69, 9.17) is 15.0 Å². The second kappa shape index (κ2) is 9.44. The molecule has 1 spiro atoms. The van der Waals surface area contributed by atoms with Gasteiger partial charge in [0.25, 0.3) is 0 Å². The van der Waals surface area contributed by atoms with Gasteiger partial charge in [-0.25, -0.2) is 0 Å². The molecule has 3 nitrogen and oxygen atoms in total. The van der Waals surface area contributed by atoms with Gasteiger partial charge in [-0.1, -0.05) is 103 Å². The number of pyridine rings is 1. The molecule has 6 aromatic rings. The first-order valence-electron chi connectivity index (χ1n) is 14.0. The van der Waals surface area contributed by atoms with Crippen LogP contribution in [0.3, 0.4) is 0 Å². The van der Waals surface area contributed by atoms with E-state index in [0.717, 1.165) is 45.0 Å². The van der Waals surface area contributed by atoms with E-state index in [1.54, 1.807) is 0 Å². The third-order valence-corrected chi connectivity index (χ3v) is 8.47. The van der Waals surface area contributed by atoms with Crippen molar-refractivity contribution in [2.24, 2.45) is 0 Å². The largest absolute Gasteiger partial charge is 0.457 e. The molecule has 42 heavy (non-hydrogen) atoms. The van der Waals surface area contributed by atoms with Crippen LogP contribution in [0.25, 0.3) is 34.5 Å². The lowest BCUT2D eigenvalue weighted by atomic mass is 9.62. The highest BCUT2D eigenvalue weighted by Crippen LogP contribution is 2.57. The number of nitriles is 1. The number of rotatable bonds is 2. The first-order chi connectivity index (χ1) is 20.8. The van der Waals surface area contributed by atoms with Crippen LogP contribution in [0.15, 0.2) is 134 Å². The van der Waals surface area contributed by atoms with Gasteiger partial charge in [0.15, 0.2) is 0 Å². The molecule has 5 aromatic carbocycles. The molecule has 1 aliphatic carbocycles. The molecule has 196 valence electrons. The molecule has 2 heterocycles. The topological polar surface area (TPSA) is 45.9 Å². The molecule has 0 amide bonds. The third-order valence-electron chi connectivity index (χ3n) is 8.47. The zero-order valence-corrected chi connectivity index (χ0v) is 22.7. The van der Waals surface area contributed by atoms with E-state index in [1.165, 1.54) is 22.3 Å². The minimum atomic E-state index is -0.577. The molecule has 0 atom stereocenters. The minimum Gasteiger partial charge on any atom is -0.457 e. The van der Waals surface area contributed by atoms with Gasteiger partial charge in [-0.05, 0) is 64.2 Å². The number of hydrogen-bond donors (Lipinski definition) is 0. The molecule has 0 bridgehead atoms. The van der Waals surface area contributed by atoms with Crippen LogP contribution in [0.4, 0.5) is 0 Å². The number of para-hydroxylation sites is 2. The summed E-state index contributed by atoms with van der Waals surface area (Å²) in [6.45, 7) is 0. The smallest absolute Gasteiger partial charge is 0.132 e. The SMILES string of the molecule is N#Cc1ccc(-c2ccc(-c3ccc4c(c3)C3(c5ccccc5C=C4)c4ccccc4Oc4ccccc43)cn2)cc1. The molecule has 0 saturated heterocycles. The van der Waals surface area contributed by atoms with Crippen molar-refractivity contribution in [2.45, 2.75) is 5.41 Å². The zero-order valence-electron chi connectivity index (χ0n) is 22.7. The first-order valence-corrected chi connectivity index (χ1v) is 14.0. The predicted octanol–water partition coefficient (Wildman–Crippen LogP) is 9.26. The van der Waals surface area contributed by atoms with Gasteiger partial charge in [-0.15, -0.1) is 0 Å². The zero-order chi connectivity index (χ0) is 28.1. The van der Waals surface area contributed by atoms with Crippen LogP contribution < -0.4 is 4.74 Å². The summed E-state index contributed by atoms with van der Waals surface area (Å²) < 4.78 is 6.51. The van der Waals surface area contributed by atoms with Gasteiger partial charge in [0.1, 0.15) is 11.5 Å². The molecule has 0 unspecified atom stereocenters. The Labute approximate surface area is 244 Å². The van der Waals surface area contributed by atoms with Gasteiger partial charge in [-0.3, -0.25) is 4.98 Å². The van der Waals surface area contributed by atoms with Crippen LogP contribution in [0.1, 0.15) is 38.9 Å². The Morgan fingerprint density at radius 1 is 0.548 bits per heavy atom. The number of ether oxygens (including phenoxy) is 1. The third kappa shape index (κ3) is 3.56. The summed E-state index contributed by atoms with van der Waals surface area (Å²) in [4.78, 5) is 4.81. The van der Waals surface area contributed by atoms with E-state index in [9.17, 15) is 0 Å². The fourth-order valence-electron chi connectivity index (χ4n) is 6.54. The lowest BCUT2D eigenvalue weighted by molar-refractivity contribution is 0.434. The summed E-state index contributed by atoms with van der Waals surface area (Å²) in [5.74, 6) is 1.75. The molecule has 0 saturated carbocycles. The van der Waals surface area contributed by atoms with Crippen molar-refractivity contribution in [3.8, 4) is 40.0 Å². The number of nitrogens with zero attached hydrogens (tertiary/aromatic N) is 2. The van der Waals surface area contributed by atoms with Crippen molar-refractivity contribution in [3.63, 3.8) is 0 Å². The number of fused-ring (bicyclic) bond motifs is 8. The molecule has 3 heteroatoms. The number of aromatic nitrogens is 1. The highest BCUT2D eigenvalue weighted by atomic mass is 16.5. The van der Waals surface area contributed by atoms with Crippen LogP contribution in [0, 0.1) is 11.3 Å². The summed E-state index contributed by atoms with van der Waals surface area (Å²) in [6.07, 6.45) is 6.41. The summed E-state index contributed by atoms with van der Waals surface area (Å²) in [6, 6.07) is 46.2. The highest BCUT2D eigenvalue weighted by molar-refractivity contribution is 5.85. The van der Waals surface area contributed by atoms with E-state index < -0.39 is 5.41 Å². The Kier molecular flexibility index (Phi) is 5.42. The fourth-order valence-corrected chi connectivity index (χ4v) is 6.54. The lowest BCUT2D eigenvalue weighted by Crippen LogP contribution is -2.35. The minimum absolute atomic E-state index is 0.577. The maximum Gasteiger partial charge on any atom is 0.132 e. The Morgan fingerprint density at radius 3 is 1.81 bits per heavy atom. The van der Waals surface area contributed by atoms with Crippen molar-refractivity contribution in [1.82, 2.24) is 4.98 Å². The Morgan fingerprint density at radius 2 is 1.14 bits per heavy atom. The maximum atomic E-state index is 9.14. The van der Waals surface area contributed by atoms with Gasteiger partial charge in [-0.2, -0.15) is 5.26 Å². The molecule has 1 aromatic heterocycles. The second-order valence-electron chi connectivity index (χ2n) is 10.7. The Balaban J connectivity index is 1.36. The molecular formula is C39H24N2O.